The van der Waals surface area contributed by atoms with Gasteiger partial charge in [-0.25, -0.2) is 4.98 Å². The smallest absolute Gasteiger partial charge is 0.356 e. The van der Waals surface area contributed by atoms with Crippen LogP contribution in [-0.4, -0.2) is 31.1 Å². The minimum atomic E-state index is -4.36. The Balaban J connectivity index is 1.74. The summed E-state index contributed by atoms with van der Waals surface area (Å²) < 4.78 is 37.5. The van der Waals surface area contributed by atoms with E-state index in [4.69, 9.17) is 0 Å². The number of guanidine groups is 1. The van der Waals surface area contributed by atoms with Crippen LogP contribution in [0.1, 0.15) is 43.3 Å². The van der Waals surface area contributed by atoms with Crippen LogP contribution in [0.5, 0.6) is 0 Å². The third-order valence-corrected chi connectivity index (χ3v) is 5.40. The van der Waals surface area contributed by atoms with Crippen molar-refractivity contribution in [3.63, 3.8) is 0 Å². The third-order valence-electron chi connectivity index (χ3n) is 4.49. The number of halogens is 3. The second-order valence-electron chi connectivity index (χ2n) is 5.93. The van der Waals surface area contributed by atoms with E-state index in [1.807, 2.05) is 0 Å². The molecule has 0 saturated heterocycles. The molecule has 1 aliphatic rings. The quantitative estimate of drug-likeness (QED) is 0.611. The van der Waals surface area contributed by atoms with Crippen molar-refractivity contribution in [2.24, 2.45) is 10.4 Å². The summed E-state index contributed by atoms with van der Waals surface area (Å²) in [6.45, 7) is 3.60. The molecule has 1 heterocycles. The van der Waals surface area contributed by atoms with E-state index in [0.717, 1.165) is 29.7 Å². The molecule has 0 radical (unpaired) electrons. The van der Waals surface area contributed by atoms with Crippen molar-refractivity contribution in [2.75, 3.05) is 20.1 Å². The summed E-state index contributed by atoms with van der Waals surface area (Å²) >= 11 is 1.04. The molecule has 0 unspecified atom stereocenters. The van der Waals surface area contributed by atoms with Gasteiger partial charge in [0.05, 0.1) is 5.01 Å². The van der Waals surface area contributed by atoms with E-state index < -0.39 is 11.9 Å². The van der Waals surface area contributed by atoms with Crippen molar-refractivity contribution < 1.29 is 13.2 Å². The van der Waals surface area contributed by atoms with Crippen LogP contribution in [0.4, 0.5) is 13.2 Å². The first-order valence-corrected chi connectivity index (χ1v) is 8.73. The fourth-order valence-corrected chi connectivity index (χ4v) is 3.47. The zero-order valence-electron chi connectivity index (χ0n) is 13.5. The molecular weight excluding hydrogens is 325 g/mol. The van der Waals surface area contributed by atoms with E-state index in [2.05, 4.69) is 27.5 Å². The molecule has 1 saturated carbocycles. The van der Waals surface area contributed by atoms with Crippen LogP contribution in [-0.2, 0) is 12.6 Å². The van der Waals surface area contributed by atoms with Crippen LogP contribution >= 0.6 is 11.3 Å². The van der Waals surface area contributed by atoms with Crippen LogP contribution in [0.25, 0.3) is 0 Å². The average molecular weight is 348 g/mol. The standard InChI is InChI=1S/C15H23F3N4S/c1-3-14(6-4-7-14)10-21-13(19-2)20-8-5-12-22-11(9-23-12)15(16,17)18/h9H,3-8,10H2,1-2H3,(H2,19,20,21). The van der Waals surface area contributed by atoms with E-state index in [-0.39, 0.29) is 0 Å². The SMILES string of the molecule is CCC1(CNC(=NC)NCCc2nc(C(F)(F)F)cs2)CCC1. The molecule has 0 aliphatic heterocycles. The predicted octanol–water partition coefficient (Wildman–Crippen LogP) is 3.45. The number of thiazole rings is 1. The summed E-state index contributed by atoms with van der Waals surface area (Å²) in [5.41, 5.74) is -0.427. The highest BCUT2D eigenvalue weighted by Gasteiger charge is 2.35. The molecule has 0 atom stereocenters. The normalized spacial score (nSPS) is 17.7. The Kier molecular flexibility index (Phi) is 5.89. The average Bonchev–Trinajstić information content (AvgIpc) is 2.93. The molecule has 8 heteroatoms. The zero-order valence-corrected chi connectivity index (χ0v) is 14.3. The summed E-state index contributed by atoms with van der Waals surface area (Å²) in [7, 11) is 1.69. The number of alkyl halides is 3. The molecule has 2 N–H and O–H groups in total. The highest BCUT2D eigenvalue weighted by Crippen LogP contribution is 2.42. The van der Waals surface area contributed by atoms with Gasteiger partial charge in [0, 0.05) is 31.9 Å². The van der Waals surface area contributed by atoms with Crippen molar-refractivity contribution in [2.45, 2.75) is 45.2 Å². The van der Waals surface area contributed by atoms with Gasteiger partial charge in [-0.1, -0.05) is 13.3 Å². The first-order valence-electron chi connectivity index (χ1n) is 7.85. The van der Waals surface area contributed by atoms with Crippen LogP contribution < -0.4 is 10.6 Å². The van der Waals surface area contributed by atoms with E-state index in [1.165, 1.54) is 19.3 Å². The fraction of sp³-hybridized carbons (Fsp3) is 0.733. The number of nitrogens with one attached hydrogen (secondary N) is 2. The molecule has 0 aromatic carbocycles. The Morgan fingerprint density at radius 1 is 1.39 bits per heavy atom. The van der Waals surface area contributed by atoms with Gasteiger partial charge in [0.1, 0.15) is 0 Å². The van der Waals surface area contributed by atoms with Crippen molar-refractivity contribution in [1.82, 2.24) is 15.6 Å². The number of rotatable bonds is 6. The lowest BCUT2D eigenvalue weighted by atomic mass is 9.67. The molecule has 1 aliphatic carbocycles. The Bertz CT molecular complexity index is 530. The molecule has 1 fully saturated rings. The molecule has 0 amide bonds. The van der Waals surface area contributed by atoms with Crippen molar-refractivity contribution in [3.8, 4) is 0 Å². The Labute approximate surface area is 138 Å². The van der Waals surface area contributed by atoms with Gasteiger partial charge in [-0.15, -0.1) is 11.3 Å². The summed E-state index contributed by atoms with van der Waals surface area (Å²) in [5, 5.41) is 7.99. The minimum absolute atomic E-state index is 0.383. The second kappa shape index (κ2) is 7.51. The predicted molar refractivity (Wildman–Crippen MR) is 86.8 cm³/mol. The maximum Gasteiger partial charge on any atom is 0.434 e. The number of hydrogen-bond donors (Lipinski definition) is 2. The van der Waals surface area contributed by atoms with Gasteiger partial charge in [-0.05, 0) is 24.7 Å². The maximum atomic E-state index is 12.5. The van der Waals surface area contributed by atoms with Crippen molar-refractivity contribution in [3.05, 3.63) is 16.1 Å². The Hall–Kier alpha value is -1.31. The van der Waals surface area contributed by atoms with Crippen LogP contribution in [0.3, 0.4) is 0 Å². The third kappa shape index (κ3) is 4.83. The van der Waals surface area contributed by atoms with Crippen LogP contribution in [0.15, 0.2) is 10.4 Å². The van der Waals surface area contributed by atoms with E-state index in [1.54, 1.807) is 7.05 Å². The van der Waals surface area contributed by atoms with Gasteiger partial charge < -0.3 is 10.6 Å². The van der Waals surface area contributed by atoms with E-state index in [0.29, 0.717) is 29.3 Å². The lowest BCUT2D eigenvalue weighted by Gasteiger charge is -2.41. The number of aliphatic imine (C=N–C) groups is 1. The molecule has 130 valence electrons. The van der Waals surface area contributed by atoms with Gasteiger partial charge in [0.2, 0.25) is 0 Å². The summed E-state index contributed by atoms with van der Waals surface area (Å²) in [4.78, 5) is 7.78. The largest absolute Gasteiger partial charge is 0.434 e. The zero-order chi connectivity index (χ0) is 16.9. The van der Waals surface area contributed by atoms with Gasteiger partial charge in [0.25, 0.3) is 0 Å². The Morgan fingerprint density at radius 3 is 2.61 bits per heavy atom. The van der Waals surface area contributed by atoms with Crippen molar-refractivity contribution in [1.29, 1.82) is 0 Å². The van der Waals surface area contributed by atoms with Crippen LogP contribution in [0, 0.1) is 5.41 Å². The summed E-state index contributed by atoms with van der Waals surface area (Å²) in [5.74, 6) is 0.692. The number of aromatic nitrogens is 1. The molecule has 0 spiro atoms. The van der Waals surface area contributed by atoms with Gasteiger partial charge >= 0.3 is 6.18 Å². The Morgan fingerprint density at radius 2 is 2.13 bits per heavy atom. The first kappa shape index (κ1) is 18.0. The summed E-state index contributed by atoms with van der Waals surface area (Å²) in [6, 6.07) is 0. The molecule has 0 bridgehead atoms. The lowest BCUT2D eigenvalue weighted by Crippen LogP contribution is -2.46. The summed E-state index contributed by atoms with van der Waals surface area (Å²) in [6.07, 6.45) is 1.00. The van der Waals surface area contributed by atoms with Crippen molar-refractivity contribution >= 4 is 17.3 Å². The maximum absolute atomic E-state index is 12.5. The second-order valence-corrected chi connectivity index (χ2v) is 6.88. The van der Waals surface area contributed by atoms with E-state index >= 15 is 0 Å². The number of hydrogen-bond acceptors (Lipinski definition) is 3. The van der Waals surface area contributed by atoms with E-state index in [9.17, 15) is 13.2 Å². The fourth-order valence-electron chi connectivity index (χ4n) is 2.67. The highest BCUT2D eigenvalue weighted by atomic mass is 32.1. The minimum Gasteiger partial charge on any atom is -0.356 e. The molecule has 23 heavy (non-hydrogen) atoms. The monoisotopic (exact) mass is 348 g/mol. The highest BCUT2D eigenvalue weighted by molar-refractivity contribution is 7.09. The number of nitrogens with zero attached hydrogens (tertiary/aromatic N) is 2. The molecule has 4 nitrogen and oxygen atoms in total. The van der Waals surface area contributed by atoms with Gasteiger partial charge in [-0.3, -0.25) is 4.99 Å². The molecular formula is C15H23F3N4S. The molecule has 1 aromatic rings. The molecule has 1 aromatic heterocycles. The topological polar surface area (TPSA) is 49.3 Å². The first-order chi connectivity index (χ1) is 10.9. The van der Waals surface area contributed by atoms with Crippen LogP contribution in [0.2, 0.25) is 0 Å². The molecule has 2 rings (SSSR count). The van der Waals surface area contributed by atoms with Gasteiger partial charge in [-0.2, -0.15) is 13.2 Å². The lowest BCUT2D eigenvalue weighted by molar-refractivity contribution is -0.140. The van der Waals surface area contributed by atoms with Gasteiger partial charge in [0.15, 0.2) is 11.7 Å².